The van der Waals surface area contributed by atoms with Crippen molar-refractivity contribution in [1.29, 1.82) is 5.26 Å². The van der Waals surface area contributed by atoms with Gasteiger partial charge in [0.25, 0.3) is 0 Å². The zero-order chi connectivity index (χ0) is 26.6. The van der Waals surface area contributed by atoms with Gasteiger partial charge in [-0.3, -0.25) is 0 Å². The summed E-state index contributed by atoms with van der Waals surface area (Å²) < 4.78 is 4.78. The standard InChI is InChI=1S/C37H23N3/c38-24-25-16-18-26(19-17-25)27-20-22-28(23-21-27)39-34-13-6-3-10-31(34)37-35(39)14-7-15-36(37)40-32-11-4-1-8-29(32)30-9-2-5-12-33(30)40/h1-23H. The normalized spacial score (nSPS) is 11.5. The Morgan fingerprint density at radius 3 is 1.52 bits per heavy atom. The highest BCUT2D eigenvalue weighted by atomic mass is 15.0. The molecule has 2 heterocycles. The summed E-state index contributed by atoms with van der Waals surface area (Å²) in [6, 6.07) is 51.3. The first kappa shape index (κ1) is 22.4. The van der Waals surface area contributed by atoms with Gasteiger partial charge < -0.3 is 9.13 Å². The summed E-state index contributed by atoms with van der Waals surface area (Å²) in [6.07, 6.45) is 0. The van der Waals surface area contributed by atoms with E-state index in [1.165, 1.54) is 49.3 Å². The summed E-state index contributed by atoms with van der Waals surface area (Å²) in [7, 11) is 0. The summed E-state index contributed by atoms with van der Waals surface area (Å²) in [5.74, 6) is 0. The van der Waals surface area contributed by atoms with Gasteiger partial charge >= 0.3 is 0 Å². The van der Waals surface area contributed by atoms with Crippen molar-refractivity contribution >= 4 is 43.6 Å². The quantitative estimate of drug-likeness (QED) is 0.233. The average Bonchev–Trinajstić information content (AvgIpc) is 3.54. The monoisotopic (exact) mass is 509 g/mol. The molecule has 40 heavy (non-hydrogen) atoms. The summed E-state index contributed by atoms with van der Waals surface area (Å²) in [5.41, 5.74) is 9.95. The average molecular weight is 510 g/mol. The fourth-order valence-corrected chi connectivity index (χ4v) is 6.19. The lowest BCUT2D eigenvalue weighted by Gasteiger charge is -2.12. The Labute approximate surface area is 231 Å². The summed E-state index contributed by atoms with van der Waals surface area (Å²) in [6.45, 7) is 0. The van der Waals surface area contributed by atoms with Gasteiger partial charge in [0.15, 0.2) is 0 Å². The van der Waals surface area contributed by atoms with E-state index in [-0.39, 0.29) is 0 Å². The number of benzene rings is 6. The minimum absolute atomic E-state index is 0.671. The zero-order valence-corrected chi connectivity index (χ0v) is 21.6. The number of hydrogen-bond donors (Lipinski definition) is 0. The van der Waals surface area contributed by atoms with Crippen LogP contribution in [0.3, 0.4) is 0 Å². The fraction of sp³-hybridized carbons (Fsp3) is 0. The van der Waals surface area contributed by atoms with Gasteiger partial charge in [0.2, 0.25) is 0 Å². The van der Waals surface area contributed by atoms with Crippen molar-refractivity contribution in [2.45, 2.75) is 0 Å². The van der Waals surface area contributed by atoms with Crippen LogP contribution >= 0.6 is 0 Å². The molecule has 6 aromatic carbocycles. The molecule has 0 radical (unpaired) electrons. The zero-order valence-electron chi connectivity index (χ0n) is 21.6. The second-order valence-corrected chi connectivity index (χ2v) is 10.1. The van der Waals surface area contributed by atoms with E-state index in [1.54, 1.807) is 0 Å². The van der Waals surface area contributed by atoms with Gasteiger partial charge in [-0.2, -0.15) is 5.26 Å². The van der Waals surface area contributed by atoms with Crippen LogP contribution in [0.1, 0.15) is 5.56 Å². The Hall–Kier alpha value is -5.59. The van der Waals surface area contributed by atoms with Gasteiger partial charge in [-0.15, -0.1) is 0 Å². The Morgan fingerprint density at radius 1 is 0.425 bits per heavy atom. The Balaban J connectivity index is 1.38. The highest BCUT2D eigenvalue weighted by Crippen LogP contribution is 2.39. The van der Waals surface area contributed by atoms with Crippen LogP contribution < -0.4 is 0 Å². The molecule has 0 aliphatic heterocycles. The first-order valence-electron chi connectivity index (χ1n) is 13.4. The van der Waals surface area contributed by atoms with Crippen LogP contribution in [0, 0.1) is 11.3 Å². The number of nitrogens with zero attached hydrogens (tertiary/aromatic N) is 3. The molecule has 0 saturated carbocycles. The van der Waals surface area contributed by atoms with E-state index in [9.17, 15) is 0 Å². The van der Waals surface area contributed by atoms with Gasteiger partial charge in [0.1, 0.15) is 0 Å². The van der Waals surface area contributed by atoms with Crippen LogP contribution in [0.5, 0.6) is 0 Å². The molecule has 3 nitrogen and oxygen atoms in total. The molecule has 0 atom stereocenters. The second kappa shape index (κ2) is 8.73. The maximum atomic E-state index is 9.14. The molecule has 0 saturated heterocycles. The Bertz CT molecular complexity index is 2200. The molecule has 0 N–H and O–H groups in total. The SMILES string of the molecule is N#Cc1ccc(-c2ccc(-n3c4ccccc4c4c(-n5c6ccccc6c6ccccc65)cccc43)cc2)cc1. The van der Waals surface area contributed by atoms with Gasteiger partial charge in [-0.05, 0) is 65.7 Å². The largest absolute Gasteiger partial charge is 0.309 e. The maximum absolute atomic E-state index is 9.14. The van der Waals surface area contributed by atoms with Crippen LogP contribution in [0.2, 0.25) is 0 Å². The third-order valence-electron chi connectivity index (χ3n) is 7.97. The number of fused-ring (bicyclic) bond motifs is 6. The van der Waals surface area contributed by atoms with E-state index < -0.39 is 0 Å². The summed E-state index contributed by atoms with van der Waals surface area (Å²) in [5, 5.41) is 14.1. The Morgan fingerprint density at radius 2 is 0.925 bits per heavy atom. The number of aromatic nitrogens is 2. The maximum Gasteiger partial charge on any atom is 0.0991 e. The third-order valence-corrected chi connectivity index (χ3v) is 7.97. The molecular formula is C37H23N3. The van der Waals surface area contributed by atoms with E-state index >= 15 is 0 Å². The number of rotatable bonds is 3. The third kappa shape index (κ3) is 3.24. The van der Waals surface area contributed by atoms with Crippen molar-refractivity contribution in [2.24, 2.45) is 0 Å². The lowest BCUT2D eigenvalue weighted by atomic mass is 10.0. The van der Waals surface area contributed by atoms with Gasteiger partial charge in [0, 0.05) is 27.2 Å². The molecule has 0 aliphatic carbocycles. The van der Waals surface area contributed by atoms with Crippen LogP contribution in [0.25, 0.3) is 66.1 Å². The first-order chi connectivity index (χ1) is 19.8. The minimum atomic E-state index is 0.671. The first-order valence-corrected chi connectivity index (χ1v) is 13.4. The van der Waals surface area contributed by atoms with Crippen LogP contribution in [0.4, 0.5) is 0 Å². The molecule has 0 unspecified atom stereocenters. The van der Waals surface area contributed by atoms with Crippen molar-refractivity contribution in [2.75, 3.05) is 0 Å². The van der Waals surface area contributed by atoms with Crippen molar-refractivity contribution in [1.82, 2.24) is 9.13 Å². The van der Waals surface area contributed by atoms with Gasteiger partial charge in [-0.1, -0.05) is 84.9 Å². The molecule has 186 valence electrons. The molecule has 0 bridgehead atoms. The summed E-state index contributed by atoms with van der Waals surface area (Å²) >= 11 is 0. The second-order valence-electron chi connectivity index (χ2n) is 10.1. The topological polar surface area (TPSA) is 33.6 Å². The van der Waals surface area contributed by atoms with E-state index in [4.69, 9.17) is 5.26 Å². The molecule has 0 amide bonds. The van der Waals surface area contributed by atoms with Crippen LogP contribution in [-0.4, -0.2) is 9.13 Å². The lowest BCUT2D eigenvalue weighted by molar-refractivity contribution is 1.17. The molecule has 3 heteroatoms. The van der Waals surface area contributed by atoms with Crippen LogP contribution in [-0.2, 0) is 0 Å². The van der Waals surface area contributed by atoms with Crippen molar-refractivity contribution in [3.63, 3.8) is 0 Å². The number of hydrogen-bond acceptors (Lipinski definition) is 1. The molecular weight excluding hydrogens is 486 g/mol. The predicted octanol–water partition coefficient (Wildman–Crippen LogP) is 9.42. The molecule has 0 spiro atoms. The highest BCUT2D eigenvalue weighted by molar-refractivity contribution is 6.16. The van der Waals surface area contributed by atoms with Gasteiger partial charge in [0.05, 0.1) is 39.4 Å². The molecule has 2 aromatic heterocycles. The van der Waals surface area contributed by atoms with Crippen molar-refractivity contribution in [3.05, 3.63) is 145 Å². The van der Waals surface area contributed by atoms with E-state index in [0.717, 1.165) is 16.8 Å². The smallest absolute Gasteiger partial charge is 0.0991 e. The number of para-hydroxylation sites is 3. The Kier molecular flexibility index (Phi) is 4.89. The minimum Gasteiger partial charge on any atom is -0.309 e. The lowest BCUT2D eigenvalue weighted by Crippen LogP contribution is -1.96. The predicted molar refractivity (Wildman–Crippen MR) is 165 cm³/mol. The van der Waals surface area contributed by atoms with Crippen molar-refractivity contribution < 1.29 is 0 Å². The summed E-state index contributed by atoms with van der Waals surface area (Å²) in [4.78, 5) is 0. The highest BCUT2D eigenvalue weighted by Gasteiger charge is 2.19. The van der Waals surface area contributed by atoms with Crippen LogP contribution in [0.15, 0.2) is 140 Å². The molecule has 8 aromatic rings. The molecule has 0 aliphatic rings. The number of nitriles is 1. The van der Waals surface area contributed by atoms with E-state index in [1.807, 2.05) is 24.3 Å². The van der Waals surface area contributed by atoms with E-state index in [0.29, 0.717) is 5.56 Å². The molecule has 0 fully saturated rings. The van der Waals surface area contributed by atoms with Crippen molar-refractivity contribution in [3.8, 4) is 28.6 Å². The van der Waals surface area contributed by atoms with Gasteiger partial charge in [-0.25, -0.2) is 0 Å². The van der Waals surface area contributed by atoms with E-state index in [2.05, 4.69) is 130 Å². The molecule has 8 rings (SSSR count). The fourth-order valence-electron chi connectivity index (χ4n) is 6.19.